The van der Waals surface area contributed by atoms with Crippen LogP contribution < -0.4 is 10.1 Å². The maximum absolute atomic E-state index is 9.67. The summed E-state index contributed by atoms with van der Waals surface area (Å²) < 4.78 is 20.9. The molecule has 6 nitrogen and oxygen atoms in total. The van der Waals surface area contributed by atoms with Crippen molar-refractivity contribution in [1.82, 2.24) is 0 Å². The Balaban J connectivity index is 2.47. The van der Waals surface area contributed by atoms with Crippen LogP contribution in [0.15, 0.2) is 18.2 Å². The second kappa shape index (κ2) is 8.58. The van der Waals surface area contributed by atoms with Crippen LogP contribution in [0.2, 0.25) is 0 Å². The molecular formula is C13H21NO5. The fourth-order valence-electron chi connectivity index (χ4n) is 1.39. The van der Waals surface area contributed by atoms with E-state index in [1.807, 2.05) is 13.8 Å². The first-order valence-corrected chi connectivity index (χ1v) is 6.16. The molecule has 2 N–H and O–H groups in total. The number of hydrogen-bond acceptors (Lipinski definition) is 6. The lowest BCUT2D eigenvalue weighted by molar-refractivity contribution is -0.281. The summed E-state index contributed by atoms with van der Waals surface area (Å²) >= 11 is 0. The summed E-state index contributed by atoms with van der Waals surface area (Å²) in [5.41, 5.74) is 0.520. The number of benzene rings is 1. The van der Waals surface area contributed by atoms with Gasteiger partial charge in [0.15, 0.2) is 0 Å². The maximum Gasteiger partial charge on any atom is 0.273 e. The molecule has 1 rings (SSSR count). The second-order valence-corrected chi connectivity index (χ2v) is 3.57. The molecule has 0 saturated carbocycles. The van der Waals surface area contributed by atoms with Crippen molar-refractivity contribution in [2.24, 2.45) is 0 Å². The van der Waals surface area contributed by atoms with Gasteiger partial charge in [0.05, 0.1) is 12.8 Å². The largest absolute Gasteiger partial charge is 0.506 e. The van der Waals surface area contributed by atoms with Gasteiger partial charge in [-0.2, -0.15) is 0 Å². The molecular weight excluding hydrogens is 250 g/mol. The topological polar surface area (TPSA) is 69.2 Å². The van der Waals surface area contributed by atoms with Crippen LogP contribution in [0.4, 0.5) is 5.69 Å². The van der Waals surface area contributed by atoms with Crippen LogP contribution in [0, 0.1) is 0 Å². The Morgan fingerprint density at radius 1 is 1.16 bits per heavy atom. The Morgan fingerprint density at radius 2 is 1.84 bits per heavy atom. The van der Waals surface area contributed by atoms with E-state index in [-0.39, 0.29) is 12.5 Å². The monoisotopic (exact) mass is 271 g/mol. The molecule has 1 aromatic carbocycles. The zero-order valence-electron chi connectivity index (χ0n) is 11.5. The van der Waals surface area contributed by atoms with E-state index >= 15 is 0 Å². The number of nitrogens with one attached hydrogen (secondary N) is 1. The van der Waals surface area contributed by atoms with Gasteiger partial charge in [0.25, 0.3) is 6.48 Å². The number of hydrogen-bond donors (Lipinski definition) is 2. The average molecular weight is 271 g/mol. The normalized spacial score (nSPS) is 10.7. The highest BCUT2D eigenvalue weighted by molar-refractivity contribution is 5.58. The van der Waals surface area contributed by atoms with Gasteiger partial charge in [0.2, 0.25) is 0 Å². The Hall–Kier alpha value is -1.50. The third kappa shape index (κ3) is 5.34. The van der Waals surface area contributed by atoms with Crippen molar-refractivity contribution in [2.75, 3.05) is 32.4 Å². The first-order valence-electron chi connectivity index (χ1n) is 6.16. The van der Waals surface area contributed by atoms with Crippen molar-refractivity contribution in [1.29, 1.82) is 0 Å². The molecule has 0 atom stereocenters. The molecule has 0 aliphatic carbocycles. The van der Waals surface area contributed by atoms with Crippen molar-refractivity contribution in [3.8, 4) is 11.5 Å². The summed E-state index contributed by atoms with van der Waals surface area (Å²) in [4.78, 5) is 0. The van der Waals surface area contributed by atoms with Gasteiger partial charge in [-0.15, -0.1) is 0 Å². The van der Waals surface area contributed by atoms with Crippen LogP contribution >= 0.6 is 0 Å². The van der Waals surface area contributed by atoms with E-state index in [0.717, 1.165) is 0 Å². The van der Waals surface area contributed by atoms with Crippen molar-refractivity contribution in [2.45, 2.75) is 20.3 Å². The highest BCUT2D eigenvalue weighted by atomic mass is 16.8. The average Bonchev–Trinajstić information content (AvgIpc) is 2.41. The van der Waals surface area contributed by atoms with Gasteiger partial charge in [0.1, 0.15) is 18.2 Å². The van der Waals surface area contributed by atoms with Gasteiger partial charge in [-0.3, -0.25) is 0 Å². The predicted octanol–water partition coefficient (Wildman–Crippen LogP) is 2.14. The van der Waals surface area contributed by atoms with Crippen molar-refractivity contribution in [3.63, 3.8) is 0 Å². The summed E-state index contributed by atoms with van der Waals surface area (Å²) in [6, 6.07) is 4.89. The van der Waals surface area contributed by atoms with Crippen LogP contribution in [-0.2, 0) is 14.2 Å². The molecule has 0 aromatic heterocycles. The van der Waals surface area contributed by atoms with E-state index in [4.69, 9.17) is 18.9 Å². The van der Waals surface area contributed by atoms with Gasteiger partial charge >= 0.3 is 0 Å². The molecule has 0 amide bonds. The Morgan fingerprint density at radius 3 is 2.42 bits per heavy atom. The molecule has 19 heavy (non-hydrogen) atoms. The fraction of sp³-hybridized carbons (Fsp3) is 0.538. The molecule has 0 bridgehead atoms. The third-order valence-electron chi connectivity index (χ3n) is 2.29. The standard InChI is InChI=1S/C13H21NO5/c1-4-17-13(18-5-2)19-9-14-11-8-10(16-3)6-7-12(11)15/h6-8,13-15H,4-5,9H2,1-3H3. The first-order chi connectivity index (χ1) is 9.21. The van der Waals surface area contributed by atoms with Crippen LogP contribution in [-0.4, -0.2) is 38.6 Å². The molecule has 0 heterocycles. The molecule has 0 spiro atoms. The zero-order valence-corrected chi connectivity index (χ0v) is 11.5. The predicted molar refractivity (Wildman–Crippen MR) is 71.3 cm³/mol. The van der Waals surface area contributed by atoms with E-state index in [1.165, 1.54) is 0 Å². The van der Waals surface area contributed by atoms with Gasteiger partial charge in [-0.1, -0.05) is 0 Å². The van der Waals surface area contributed by atoms with E-state index in [9.17, 15) is 5.11 Å². The molecule has 0 fully saturated rings. The number of anilines is 1. The Kier molecular flexibility index (Phi) is 7.02. The molecule has 1 aromatic rings. The number of ether oxygens (including phenoxy) is 4. The molecule has 0 aliphatic heterocycles. The summed E-state index contributed by atoms with van der Waals surface area (Å²) in [5, 5.41) is 12.6. The summed E-state index contributed by atoms with van der Waals surface area (Å²) in [6.07, 6.45) is 0. The van der Waals surface area contributed by atoms with Crippen molar-refractivity contribution >= 4 is 5.69 Å². The number of rotatable bonds is 9. The van der Waals surface area contributed by atoms with Crippen molar-refractivity contribution < 1.29 is 24.1 Å². The number of aromatic hydroxyl groups is 1. The van der Waals surface area contributed by atoms with E-state index < -0.39 is 6.48 Å². The fourth-order valence-corrected chi connectivity index (χ4v) is 1.39. The van der Waals surface area contributed by atoms with Crippen LogP contribution in [0.1, 0.15) is 13.8 Å². The van der Waals surface area contributed by atoms with Crippen LogP contribution in [0.5, 0.6) is 11.5 Å². The first kappa shape index (κ1) is 15.6. The van der Waals surface area contributed by atoms with E-state index in [1.54, 1.807) is 25.3 Å². The minimum Gasteiger partial charge on any atom is -0.506 e. The molecule has 0 saturated heterocycles. The third-order valence-corrected chi connectivity index (χ3v) is 2.29. The lowest BCUT2D eigenvalue weighted by Gasteiger charge is -2.18. The number of phenolic OH excluding ortho intramolecular Hbond substituents is 1. The van der Waals surface area contributed by atoms with Gasteiger partial charge in [0, 0.05) is 19.3 Å². The Bertz CT molecular complexity index is 366. The second-order valence-electron chi connectivity index (χ2n) is 3.57. The van der Waals surface area contributed by atoms with Crippen LogP contribution in [0.3, 0.4) is 0 Å². The molecule has 108 valence electrons. The van der Waals surface area contributed by atoms with Crippen molar-refractivity contribution in [3.05, 3.63) is 18.2 Å². The minimum atomic E-state index is -0.713. The lowest BCUT2D eigenvalue weighted by Crippen LogP contribution is -2.24. The summed E-state index contributed by atoms with van der Waals surface area (Å²) in [5.74, 6) is 0.764. The van der Waals surface area contributed by atoms with Gasteiger partial charge in [-0.25, -0.2) is 0 Å². The summed E-state index contributed by atoms with van der Waals surface area (Å²) in [7, 11) is 1.56. The highest BCUT2D eigenvalue weighted by Gasteiger charge is 2.08. The molecule has 6 heteroatoms. The van der Waals surface area contributed by atoms with Crippen LogP contribution in [0.25, 0.3) is 0 Å². The SMILES string of the molecule is CCOC(OCC)OCNc1cc(OC)ccc1O. The van der Waals surface area contributed by atoms with Gasteiger partial charge in [-0.05, 0) is 26.0 Å². The molecule has 0 aliphatic rings. The lowest BCUT2D eigenvalue weighted by atomic mass is 10.3. The smallest absolute Gasteiger partial charge is 0.273 e. The van der Waals surface area contributed by atoms with E-state index in [0.29, 0.717) is 24.7 Å². The Labute approximate surface area is 113 Å². The highest BCUT2D eigenvalue weighted by Crippen LogP contribution is 2.27. The maximum atomic E-state index is 9.67. The van der Waals surface area contributed by atoms with Gasteiger partial charge < -0.3 is 29.4 Å². The number of phenols is 1. The molecule has 0 unspecified atom stereocenters. The minimum absolute atomic E-state index is 0.119. The van der Waals surface area contributed by atoms with E-state index in [2.05, 4.69) is 5.32 Å². The molecule has 0 radical (unpaired) electrons. The summed E-state index contributed by atoms with van der Waals surface area (Å²) in [6.45, 7) is 4.14. The zero-order chi connectivity index (χ0) is 14.1. The number of methoxy groups -OCH3 is 1. The quantitative estimate of drug-likeness (QED) is 0.530.